The number of nitrogens with zero attached hydrogens (tertiary/aromatic N) is 5. The topological polar surface area (TPSA) is 101 Å². The second-order valence-electron chi connectivity index (χ2n) is 9.19. The lowest BCUT2D eigenvalue weighted by molar-refractivity contribution is -0.121. The van der Waals surface area contributed by atoms with E-state index >= 15 is 0 Å². The van der Waals surface area contributed by atoms with E-state index in [1.807, 2.05) is 0 Å². The van der Waals surface area contributed by atoms with Crippen LogP contribution in [0, 0.1) is 0 Å². The van der Waals surface area contributed by atoms with Crippen molar-refractivity contribution in [2.45, 2.75) is 6.54 Å². The van der Waals surface area contributed by atoms with Gasteiger partial charge >= 0.3 is 11.7 Å². The number of imidazole rings is 1. The van der Waals surface area contributed by atoms with Gasteiger partial charge in [0.25, 0.3) is 11.5 Å². The van der Waals surface area contributed by atoms with E-state index in [1.54, 1.807) is 53.1 Å². The molecule has 0 aliphatic carbocycles. The molecule has 0 radical (unpaired) electrons. The van der Waals surface area contributed by atoms with Crippen molar-refractivity contribution < 1.29 is 14.3 Å². The molecule has 2 aromatic heterocycles. The van der Waals surface area contributed by atoms with Gasteiger partial charge in [0, 0.05) is 30.7 Å². The first-order valence-corrected chi connectivity index (χ1v) is 14.3. The van der Waals surface area contributed by atoms with E-state index in [2.05, 4.69) is 11.6 Å². The third-order valence-corrected chi connectivity index (χ3v) is 8.49. The van der Waals surface area contributed by atoms with Gasteiger partial charge < -0.3 is 9.47 Å². The molecular weight excluding hydrogens is 621 g/mol. The van der Waals surface area contributed by atoms with Crippen LogP contribution in [0.2, 0.25) is 10.0 Å². The maximum Gasteiger partial charge on any atom is 0.332 e. The molecule has 1 amide bonds. The Labute approximate surface area is 259 Å². The normalized spacial score (nSPS) is 14.3. The summed E-state index contributed by atoms with van der Waals surface area (Å²) in [5.74, 6) is 0.427. The zero-order chi connectivity index (χ0) is 30.3. The molecule has 5 rings (SSSR count). The molecule has 0 bridgehead atoms. The number of halogens is 2. The summed E-state index contributed by atoms with van der Waals surface area (Å²) in [6, 6.07) is 10.2. The summed E-state index contributed by atoms with van der Waals surface area (Å²) in [5.41, 5.74) is 0.539. The van der Waals surface area contributed by atoms with Crippen molar-refractivity contribution in [2.24, 2.45) is 14.1 Å². The molecule has 0 unspecified atom stereocenters. The first kappa shape index (κ1) is 29.6. The number of methoxy groups -OCH3 is 1. The Balaban J connectivity index is 1.58. The van der Waals surface area contributed by atoms with E-state index in [4.69, 9.17) is 44.9 Å². The van der Waals surface area contributed by atoms with Gasteiger partial charge in [0.1, 0.15) is 4.32 Å². The number of fused-ring (bicyclic) bond motifs is 1. The summed E-state index contributed by atoms with van der Waals surface area (Å²) in [7, 11) is 4.39. The van der Waals surface area contributed by atoms with Gasteiger partial charge in [0.05, 0.1) is 18.6 Å². The second kappa shape index (κ2) is 11.8. The van der Waals surface area contributed by atoms with Crippen molar-refractivity contribution in [2.75, 3.05) is 13.7 Å². The van der Waals surface area contributed by atoms with Crippen LogP contribution in [0.3, 0.4) is 0 Å². The van der Waals surface area contributed by atoms with Crippen molar-refractivity contribution in [1.82, 2.24) is 23.6 Å². The van der Waals surface area contributed by atoms with Gasteiger partial charge in [-0.25, -0.2) is 4.79 Å². The second-order valence-corrected chi connectivity index (χ2v) is 11.7. The highest BCUT2D eigenvalue weighted by atomic mass is 35.5. The molecule has 0 atom stereocenters. The number of hydrogen-bond donors (Lipinski definition) is 0. The van der Waals surface area contributed by atoms with Crippen LogP contribution in [0.15, 0.2) is 63.5 Å². The Bertz CT molecular complexity index is 1950. The fourth-order valence-corrected chi connectivity index (χ4v) is 6.11. The highest BCUT2D eigenvalue weighted by Crippen LogP contribution is 2.37. The Morgan fingerprint density at radius 1 is 1.07 bits per heavy atom. The van der Waals surface area contributed by atoms with Crippen molar-refractivity contribution >= 4 is 74.6 Å². The number of ether oxygens (including phenoxy) is 2. The van der Waals surface area contributed by atoms with Crippen LogP contribution < -0.4 is 20.7 Å². The van der Waals surface area contributed by atoms with Gasteiger partial charge in [-0.15, -0.1) is 6.58 Å². The number of aryl methyl sites for hydroxylation is 1. The molecule has 4 aromatic rings. The van der Waals surface area contributed by atoms with Crippen LogP contribution in [0.4, 0.5) is 0 Å². The fraction of sp³-hybridized carbons (Fsp3) is 0.179. The number of thioether (sulfide) groups is 1. The molecule has 10 nitrogen and oxygen atoms in total. The standard InChI is InChI=1S/C28H23Cl2N5O5S2/c1-5-10-34-24(36)21(42-28(34)41)12-15-6-9-19(20(11-15)39-4)40-26-31-23-22(25(37)33(3)27(38)32(23)2)35(26)14-16-7-8-17(29)13-18(16)30/h5-9,11-13H,1,10,14H2,2-4H3/b21-12+. The van der Waals surface area contributed by atoms with Crippen LogP contribution in [-0.2, 0) is 25.4 Å². The number of carbonyl (C=O) groups is 1. The van der Waals surface area contributed by atoms with Gasteiger partial charge in [-0.3, -0.25) is 28.2 Å². The maximum atomic E-state index is 13.3. The summed E-state index contributed by atoms with van der Waals surface area (Å²) in [5, 5.41) is 0.846. The van der Waals surface area contributed by atoms with Crippen molar-refractivity contribution in [1.29, 1.82) is 0 Å². The number of amides is 1. The van der Waals surface area contributed by atoms with Crippen LogP contribution in [0.1, 0.15) is 11.1 Å². The zero-order valence-corrected chi connectivity index (χ0v) is 25.7. The predicted molar refractivity (Wildman–Crippen MR) is 169 cm³/mol. The molecular formula is C28H23Cl2N5O5S2. The molecule has 42 heavy (non-hydrogen) atoms. The molecule has 1 aliphatic heterocycles. The molecule has 0 N–H and O–H groups in total. The van der Waals surface area contributed by atoms with E-state index in [1.165, 1.54) is 42.4 Å². The minimum Gasteiger partial charge on any atom is -0.493 e. The third kappa shape index (κ3) is 5.38. The minimum atomic E-state index is -0.545. The lowest BCUT2D eigenvalue weighted by atomic mass is 10.2. The van der Waals surface area contributed by atoms with E-state index in [-0.39, 0.29) is 35.4 Å². The first-order valence-electron chi connectivity index (χ1n) is 12.4. The lowest BCUT2D eigenvalue weighted by Gasteiger charge is -2.13. The van der Waals surface area contributed by atoms with Crippen molar-refractivity contribution in [3.8, 4) is 17.5 Å². The average molecular weight is 645 g/mol. The summed E-state index contributed by atoms with van der Waals surface area (Å²) in [4.78, 5) is 45.1. The van der Waals surface area contributed by atoms with E-state index in [0.29, 0.717) is 42.7 Å². The number of carbonyl (C=O) groups excluding carboxylic acids is 1. The van der Waals surface area contributed by atoms with Gasteiger partial charge in [0.15, 0.2) is 22.7 Å². The molecule has 0 spiro atoms. The van der Waals surface area contributed by atoms with Crippen LogP contribution in [-0.4, -0.2) is 47.5 Å². The summed E-state index contributed by atoms with van der Waals surface area (Å²) < 4.78 is 16.1. The molecule has 1 saturated heterocycles. The number of benzene rings is 2. The van der Waals surface area contributed by atoms with Crippen molar-refractivity contribution in [3.63, 3.8) is 0 Å². The summed E-state index contributed by atoms with van der Waals surface area (Å²) in [6.07, 6.45) is 3.33. The quantitative estimate of drug-likeness (QED) is 0.151. The largest absolute Gasteiger partial charge is 0.493 e. The minimum absolute atomic E-state index is 0.0330. The van der Waals surface area contributed by atoms with Gasteiger partial charge in [-0.2, -0.15) is 4.98 Å². The molecule has 0 saturated carbocycles. The highest BCUT2D eigenvalue weighted by Gasteiger charge is 2.31. The third-order valence-electron chi connectivity index (χ3n) is 6.53. The fourth-order valence-electron chi connectivity index (χ4n) is 4.37. The van der Waals surface area contributed by atoms with E-state index in [9.17, 15) is 14.4 Å². The highest BCUT2D eigenvalue weighted by molar-refractivity contribution is 8.26. The predicted octanol–water partition coefficient (Wildman–Crippen LogP) is 4.98. The summed E-state index contributed by atoms with van der Waals surface area (Å²) >= 11 is 19.1. The monoisotopic (exact) mass is 643 g/mol. The molecule has 3 heterocycles. The number of aromatic nitrogens is 4. The first-order chi connectivity index (χ1) is 20.0. The number of thiocarbonyl (C=S) groups is 1. The number of rotatable bonds is 8. The smallest absolute Gasteiger partial charge is 0.332 e. The Hall–Kier alpha value is -3.84. The van der Waals surface area contributed by atoms with Gasteiger partial charge in [-0.05, 0) is 41.5 Å². The maximum absolute atomic E-state index is 13.3. The number of hydrogen-bond acceptors (Lipinski definition) is 8. The van der Waals surface area contributed by atoms with E-state index in [0.717, 1.165) is 4.57 Å². The molecule has 216 valence electrons. The molecule has 2 aromatic carbocycles. The Morgan fingerprint density at radius 2 is 1.83 bits per heavy atom. The molecule has 1 aliphatic rings. The van der Waals surface area contributed by atoms with Gasteiger partial charge in [0.2, 0.25) is 0 Å². The van der Waals surface area contributed by atoms with Crippen LogP contribution >= 0.6 is 47.2 Å². The Kier molecular flexibility index (Phi) is 8.33. The van der Waals surface area contributed by atoms with Crippen LogP contribution in [0.25, 0.3) is 17.2 Å². The van der Waals surface area contributed by atoms with Crippen LogP contribution in [0.5, 0.6) is 17.5 Å². The lowest BCUT2D eigenvalue weighted by Crippen LogP contribution is -2.37. The van der Waals surface area contributed by atoms with E-state index < -0.39 is 11.2 Å². The molecule has 1 fully saturated rings. The average Bonchev–Trinajstić information content (AvgIpc) is 3.45. The van der Waals surface area contributed by atoms with Gasteiger partial charge in [-0.1, -0.05) is 65.4 Å². The SMILES string of the molecule is C=CCN1C(=O)/C(=C\c2ccc(Oc3nc4c(c(=O)n(C)c(=O)n4C)n3Cc3ccc(Cl)cc3Cl)c(OC)c2)SC1=S. The zero-order valence-electron chi connectivity index (χ0n) is 22.6. The summed E-state index contributed by atoms with van der Waals surface area (Å²) in [6.45, 7) is 4.10. The van der Waals surface area contributed by atoms with Crippen molar-refractivity contribution in [3.05, 3.63) is 96.0 Å². The molecule has 14 heteroatoms. The Morgan fingerprint density at radius 3 is 2.52 bits per heavy atom.